The van der Waals surface area contributed by atoms with E-state index in [4.69, 9.17) is 11.6 Å². The molecule has 0 atom stereocenters. The van der Waals surface area contributed by atoms with Crippen LogP contribution in [-0.4, -0.2) is 47.0 Å². The highest BCUT2D eigenvalue weighted by atomic mass is 35.5. The molecule has 1 fully saturated rings. The smallest absolute Gasteiger partial charge is 0.297 e. The Morgan fingerprint density at radius 2 is 1.79 bits per heavy atom. The van der Waals surface area contributed by atoms with Crippen molar-refractivity contribution in [2.75, 3.05) is 31.1 Å². The van der Waals surface area contributed by atoms with E-state index in [2.05, 4.69) is 9.97 Å². The molecule has 1 aliphatic rings. The Balaban J connectivity index is 1.49. The number of nitrogens with zero attached hydrogens (tertiary/aromatic N) is 4. The average molecular weight is 417 g/mol. The maximum Gasteiger partial charge on any atom is 0.297 e. The van der Waals surface area contributed by atoms with E-state index in [0.717, 1.165) is 10.9 Å². The van der Waals surface area contributed by atoms with Gasteiger partial charge < -0.3 is 9.80 Å². The van der Waals surface area contributed by atoms with E-state index < -0.39 is 12.2 Å². The fourth-order valence-electron chi connectivity index (χ4n) is 3.52. The minimum atomic E-state index is -2.74. The number of halogens is 3. The predicted octanol–water partition coefficient (Wildman–Crippen LogP) is 4.11. The van der Waals surface area contributed by atoms with Crippen LogP contribution in [0, 0.1) is 0 Å². The first-order valence-electron chi connectivity index (χ1n) is 9.33. The zero-order valence-corrected chi connectivity index (χ0v) is 16.3. The standard InChI is InChI=1S/C21H19ClF2N4O/c22-15-5-3-4-14(12-15)13-18(29)27-8-10-28(11-9-27)21-16-6-1-2-7-17(16)25-20(26-21)19(23)24/h1-7,12,19H,8-11,13H2. The molecule has 150 valence electrons. The molecule has 29 heavy (non-hydrogen) atoms. The molecule has 2 heterocycles. The van der Waals surface area contributed by atoms with Crippen molar-refractivity contribution in [3.63, 3.8) is 0 Å². The van der Waals surface area contributed by atoms with Gasteiger partial charge in [-0.1, -0.05) is 35.9 Å². The summed E-state index contributed by atoms with van der Waals surface area (Å²) in [6.45, 7) is 2.04. The molecule has 0 N–H and O–H groups in total. The highest BCUT2D eigenvalue weighted by molar-refractivity contribution is 6.30. The van der Waals surface area contributed by atoms with Crippen LogP contribution in [0.4, 0.5) is 14.6 Å². The zero-order chi connectivity index (χ0) is 20.4. The lowest BCUT2D eigenvalue weighted by Gasteiger charge is -2.36. The Morgan fingerprint density at radius 1 is 1.03 bits per heavy atom. The third kappa shape index (κ3) is 4.29. The van der Waals surface area contributed by atoms with Crippen molar-refractivity contribution < 1.29 is 13.6 Å². The average Bonchev–Trinajstić information content (AvgIpc) is 2.73. The molecular weight excluding hydrogens is 398 g/mol. The lowest BCUT2D eigenvalue weighted by atomic mass is 10.1. The summed E-state index contributed by atoms with van der Waals surface area (Å²) in [6.07, 6.45) is -2.45. The van der Waals surface area contributed by atoms with E-state index in [1.807, 2.05) is 29.2 Å². The van der Waals surface area contributed by atoms with Crippen LogP contribution in [0.5, 0.6) is 0 Å². The number of hydrogen-bond donors (Lipinski definition) is 0. The fraction of sp³-hybridized carbons (Fsp3) is 0.286. The van der Waals surface area contributed by atoms with E-state index in [0.29, 0.717) is 42.5 Å². The molecule has 0 radical (unpaired) electrons. The van der Waals surface area contributed by atoms with Crippen LogP contribution in [0.2, 0.25) is 5.02 Å². The largest absolute Gasteiger partial charge is 0.352 e. The fourth-order valence-corrected chi connectivity index (χ4v) is 3.73. The number of amides is 1. The minimum absolute atomic E-state index is 0.0210. The number of para-hydroxylation sites is 1. The number of rotatable bonds is 4. The predicted molar refractivity (Wildman–Crippen MR) is 108 cm³/mol. The van der Waals surface area contributed by atoms with Crippen LogP contribution < -0.4 is 4.90 Å². The quantitative estimate of drug-likeness (QED) is 0.642. The summed E-state index contributed by atoms with van der Waals surface area (Å²) in [7, 11) is 0. The summed E-state index contributed by atoms with van der Waals surface area (Å²) in [4.78, 5) is 24.4. The van der Waals surface area contributed by atoms with Crippen molar-refractivity contribution in [2.24, 2.45) is 0 Å². The Hall–Kier alpha value is -2.80. The number of hydrogen-bond acceptors (Lipinski definition) is 4. The first-order valence-corrected chi connectivity index (χ1v) is 9.71. The van der Waals surface area contributed by atoms with E-state index in [1.165, 1.54) is 0 Å². The van der Waals surface area contributed by atoms with Gasteiger partial charge in [-0.25, -0.2) is 18.7 Å². The summed E-state index contributed by atoms with van der Waals surface area (Å²) >= 11 is 5.99. The lowest BCUT2D eigenvalue weighted by Crippen LogP contribution is -2.49. The zero-order valence-electron chi connectivity index (χ0n) is 15.6. The number of carbonyl (C=O) groups excluding carboxylic acids is 1. The Labute approximate surface area is 171 Å². The molecule has 1 aliphatic heterocycles. The van der Waals surface area contributed by atoms with Crippen molar-refractivity contribution in [3.8, 4) is 0 Å². The molecule has 1 amide bonds. The Kier molecular flexibility index (Phi) is 5.58. The van der Waals surface area contributed by atoms with Gasteiger partial charge in [0.2, 0.25) is 5.91 Å². The second-order valence-corrected chi connectivity index (χ2v) is 7.33. The molecule has 5 nitrogen and oxygen atoms in total. The highest BCUT2D eigenvalue weighted by Gasteiger charge is 2.25. The first-order chi connectivity index (χ1) is 14.0. The molecule has 4 rings (SSSR count). The summed E-state index contributed by atoms with van der Waals surface area (Å²) in [5.41, 5.74) is 1.36. The molecule has 0 saturated carbocycles. The lowest BCUT2D eigenvalue weighted by molar-refractivity contribution is -0.130. The van der Waals surface area contributed by atoms with Crippen LogP contribution in [0.3, 0.4) is 0 Å². The molecule has 2 aromatic carbocycles. The topological polar surface area (TPSA) is 49.3 Å². The summed E-state index contributed by atoms with van der Waals surface area (Å²) in [5.74, 6) is 0.0405. The van der Waals surface area contributed by atoms with E-state index in [-0.39, 0.29) is 12.3 Å². The molecule has 1 saturated heterocycles. The van der Waals surface area contributed by atoms with Gasteiger partial charge in [0.25, 0.3) is 6.43 Å². The van der Waals surface area contributed by atoms with E-state index >= 15 is 0 Å². The van der Waals surface area contributed by atoms with Crippen molar-refractivity contribution in [1.82, 2.24) is 14.9 Å². The maximum absolute atomic E-state index is 13.2. The van der Waals surface area contributed by atoms with Gasteiger partial charge in [0.05, 0.1) is 11.9 Å². The molecular formula is C21H19ClF2N4O. The molecule has 3 aromatic rings. The monoisotopic (exact) mass is 416 g/mol. The summed E-state index contributed by atoms with van der Waals surface area (Å²) in [6, 6.07) is 14.4. The number of anilines is 1. The molecule has 0 spiro atoms. The van der Waals surface area contributed by atoms with Crippen molar-refractivity contribution in [1.29, 1.82) is 0 Å². The molecule has 0 bridgehead atoms. The number of benzene rings is 2. The van der Waals surface area contributed by atoms with Crippen molar-refractivity contribution >= 4 is 34.2 Å². The third-order valence-electron chi connectivity index (χ3n) is 4.97. The van der Waals surface area contributed by atoms with Gasteiger partial charge in [-0.2, -0.15) is 0 Å². The van der Waals surface area contributed by atoms with Gasteiger partial charge in [0, 0.05) is 36.6 Å². The van der Waals surface area contributed by atoms with Crippen molar-refractivity contribution in [3.05, 3.63) is 64.9 Å². The van der Waals surface area contributed by atoms with E-state index in [1.54, 1.807) is 29.2 Å². The van der Waals surface area contributed by atoms with Gasteiger partial charge >= 0.3 is 0 Å². The van der Waals surface area contributed by atoms with Gasteiger partial charge in [-0.05, 0) is 29.8 Å². The van der Waals surface area contributed by atoms with Crippen LogP contribution in [0.15, 0.2) is 48.5 Å². The normalized spacial score (nSPS) is 14.6. The maximum atomic E-state index is 13.2. The number of fused-ring (bicyclic) bond motifs is 1. The van der Waals surface area contributed by atoms with Crippen LogP contribution >= 0.6 is 11.6 Å². The molecule has 1 aromatic heterocycles. The molecule has 0 aliphatic carbocycles. The van der Waals surface area contributed by atoms with Crippen molar-refractivity contribution in [2.45, 2.75) is 12.8 Å². The van der Waals surface area contributed by atoms with Crippen LogP contribution in [0.1, 0.15) is 17.8 Å². The number of alkyl halides is 2. The first kappa shape index (κ1) is 19.5. The molecule has 0 unspecified atom stereocenters. The number of carbonyl (C=O) groups is 1. The SMILES string of the molecule is O=C(Cc1cccc(Cl)c1)N1CCN(c2nc(C(F)F)nc3ccccc23)CC1. The Bertz CT molecular complexity index is 1040. The van der Waals surface area contributed by atoms with Crippen LogP contribution in [0.25, 0.3) is 10.9 Å². The third-order valence-corrected chi connectivity index (χ3v) is 5.21. The highest BCUT2D eigenvalue weighted by Crippen LogP contribution is 2.28. The second-order valence-electron chi connectivity index (χ2n) is 6.90. The minimum Gasteiger partial charge on any atom is -0.352 e. The second kappa shape index (κ2) is 8.29. The van der Waals surface area contributed by atoms with Gasteiger partial charge in [-0.15, -0.1) is 0 Å². The van der Waals surface area contributed by atoms with E-state index in [9.17, 15) is 13.6 Å². The van der Waals surface area contributed by atoms with Gasteiger partial charge in [0.1, 0.15) is 5.82 Å². The summed E-state index contributed by atoms with van der Waals surface area (Å²) < 4.78 is 26.5. The van der Waals surface area contributed by atoms with Gasteiger partial charge in [0.15, 0.2) is 5.82 Å². The number of piperazine rings is 1. The molecule has 8 heteroatoms. The van der Waals surface area contributed by atoms with Gasteiger partial charge in [-0.3, -0.25) is 4.79 Å². The Morgan fingerprint density at radius 3 is 2.52 bits per heavy atom. The van der Waals surface area contributed by atoms with Crippen LogP contribution in [-0.2, 0) is 11.2 Å². The summed E-state index contributed by atoms with van der Waals surface area (Å²) in [5, 5.41) is 1.33. The number of aromatic nitrogens is 2.